The number of hydrogen-bond acceptors (Lipinski definition) is 6. The summed E-state index contributed by atoms with van der Waals surface area (Å²) in [6.07, 6.45) is -0.251. The second kappa shape index (κ2) is 3.56. The lowest BCUT2D eigenvalue weighted by atomic mass is 10.3. The van der Waals surface area contributed by atoms with Crippen LogP contribution in [0.1, 0.15) is 0 Å². The Balaban J connectivity index is 1.69. The molecule has 4 N–H and O–H groups in total. The summed E-state index contributed by atoms with van der Waals surface area (Å²) in [5, 5.41) is 12.6. The summed E-state index contributed by atoms with van der Waals surface area (Å²) in [5.74, 6) is 0. The van der Waals surface area contributed by atoms with Gasteiger partial charge in [0.25, 0.3) is 5.50 Å². The van der Waals surface area contributed by atoms with Crippen LogP contribution in [0.5, 0.6) is 0 Å². The van der Waals surface area contributed by atoms with Crippen LogP contribution in [-0.2, 0) is 20.1 Å². The molecule has 3 saturated heterocycles. The zero-order chi connectivity index (χ0) is 10.5. The van der Waals surface area contributed by atoms with Crippen molar-refractivity contribution in [3.05, 3.63) is 0 Å². The van der Waals surface area contributed by atoms with E-state index < -0.39 is 4.93 Å². The third-order valence-electron chi connectivity index (χ3n) is 3.14. The molecule has 0 aromatic rings. The van der Waals surface area contributed by atoms with Crippen molar-refractivity contribution in [2.45, 2.75) is 16.6 Å². The van der Waals surface area contributed by atoms with Gasteiger partial charge in [0.05, 0.1) is 13.2 Å². The van der Waals surface area contributed by atoms with Crippen LogP contribution in [0, 0.1) is 0 Å². The quantitative estimate of drug-likeness (QED) is 0.369. The van der Waals surface area contributed by atoms with E-state index >= 15 is 0 Å². The average molecular weight is 234 g/mol. The summed E-state index contributed by atoms with van der Waals surface area (Å²) in [4.78, 5) is 1.79. The Bertz CT molecular complexity index is 262. The van der Waals surface area contributed by atoms with Gasteiger partial charge in [0.1, 0.15) is 12.8 Å². The lowest BCUT2D eigenvalue weighted by molar-refractivity contribution is 0.0212. The van der Waals surface area contributed by atoms with Crippen LogP contribution in [0.15, 0.2) is 0 Å². The summed E-state index contributed by atoms with van der Waals surface area (Å²) >= 11 is -0.246. The first-order chi connectivity index (χ1) is 7.28. The van der Waals surface area contributed by atoms with Crippen molar-refractivity contribution in [1.82, 2.24) is 10.2 Å². The Hall–Kier alpha value is 0.110. The molecular formula is C8H16N3O3S+. The fourth-order valence-electron chi connectivity index (χ4n) is 2.13. The van der Waals surface area contributed by atoms with Crippen LogP contribution >= 0.6 is 0 Å². The fraction of sp³-hybridized carbons (Fsp3) is 1.00. The van der Waals surface area contributed by atoms with Gasteiger partial charge in [-0.2, -0.15) is 0 Å². The van der Waals surface area contributed by atoms with Crippen LogP contribution in [0.2, 0.25) is 0 Å². The van der Waals surface area contributed by atoms with Gasteiger partial charge < -0.3 is 15.6 Å². The zero-order valence-electron chi connectivity index (χ0n) is 8.39. The maximum atomic E-state index is 9.27. The van der Waals surface area contributed by atoms with Crippen molar-refractivity contribution in [2.75, 3.05) is 32.9 Å². The number of aliphatic hydroxyl groups is 1. The molecule has 2 unspecified atom stereocenters. The molecule has 3 aliphatic heterocycles. The van der Waals surface area contributed by atoms with E-state index in [4.69, 9.17) is 14.7 Å². The van der Waals surface area contributed by atoms with Crippen molar-refractivity contribution >= 4 is 11.2 Å². The second-order valence-electron chi connectivity index (χ2n) is 4.00. The number of ether oxygens (including phenoxy) is 1. The first kappa shape index (κ1) is 10.3. The number of fused-ring (bicyclic) bond motifs is 1. The predicted octanol–water partition coefficient (Wildman–Crippen LogP) is -2.26. The van der Waals surface area contributed by atoms with Crippen LogP contribution in [0.4, 0.5) is 0 Å². The zero-order valence-corrected chi connectivity index (χ0v) is 9.20. The highest BCUT2D eigenvalue weighted by atomic mass is 32.2. The van der Waals surface area contributed by atoms with Crippen molar-refractivity contribution < 1.29 is 14.0 Å². The maximum Gasteiger partial charge on any atom is 0.361 e. The van der Waals surface area contributed by atoms with Gasteiger partial charge in [0, 0.05) is 13.1 Å². The minimum Gasteiger partial charge on any atom is -0.388 e. The first-order valence-electron chi connectivity index (χ1n) is 5.15. The number of nitrogens with two attached hydrogens (primary N) is 1. The molecule has 15 heavy (non-hydrogen) atoms. The van der Waals surface area contributed by atoms with Gasteiger partial charge in [0.2, 0.25) is 11.2 Å². The van der Waals surface area contributed by atoms with E-state index in [1.807, 2.05) is 0 Å². The molecule has 4 atom stereocenters. The van der Waals surface area contributed by atoms with E-state index in [0.29, 0.717) is 0 Å². The largest absolute Gasteiger partial charge is 0.388 e. The smallest absolute Gasteiger partial charge is 0.361 e. The van der Waals surface area contributed by atoms with Gasteiger partial charge in [0.15, 0.2) is 0 Å². The minimum atomic E-state index is -0.497. The molecule has 0 aromatic heterocycles. The standard InChI is InChI=1S/C8H16N3O3S/c9-6-8(5-12)14-15(8)7(10-6)11-1-3-13-4-2-11/h6-7,10,12H,1-5,9H2/q+1/t6-,7?,8+,15?/m1/s1. The molecule has 3 fully saturated rings. The molecule has 0 radical (unpaired) electrons. The van der Waals surface area contributed by atoms with E-state index in [1.54, 1.807) is 0 Å². The molecule has 7 heteroatoms. The summed E-state index contributed by atoms with van der Waals surface area (Å²) in [7, 11) is 0. The van der Waals surface area contributed by atoms with Crippen LogP contribution in [0.25, 0.3) is 0 Å². The average Bonchev–Trinajstić information content (AvgIpc) is 2.96. The topological polar surface area (TPSA) is 83.3 Å². The van der Waals surface area contributed by atoms with Gasteiger partial charge >= 0.3 is 4.93 Å². The molecule has 3 rings (SSSR count). The Labute approximate surface area is 91.2 Å². The highest BCUT2D eigenvalue weighted by molar-refractivity contribution is 8.00. The van der Waals surface area contributed by atoms with Gasteiger partial charge in [-0.05, 0) is 0 Å². The normalized spacial score (nSPS) is 50.4. The molecule has 0 aliphatic carbocycles. The van der Waals surface area contributed by atoms with E-state index in [9.17, 15) is 5.11 Å². The minimum absolute atomic E-state index is 0.00508. The summed E-state index contributed by atoms with van der Waals surface area (Å²) in [6.45, 7) is 3.33. The number of aliphatic hydroxyl groups excluding tert-OH is 1. The van der Waals surface area contributed by atoms with Crippen LogP contribution < -0.4 is 11.1 Å². The fourth-order valence-corrected chi connectivity index (χ4v) is 4.34. The van der Waals surface area contributed by atoms with Crippen LogP contribution in [0.3, 0.4) is 0 Å². The highest BCUT2D eigenvalue weighted by Crippen LogP contribution is 2.50. The lowest BCUT2D eigenvalue weighted by Gasteiger charge is -2.27. The molecule has 86 valence electrons. The second-order valence-corrected chi connectivity index (χ2v) is 5.89. The van der Waals surface area contributed by atoms with E-state index in [1.165, 1.54) is 0 Å². The lowest BCUT2D eigenvalue weighted by Crippen LogP contribution is -2.54. The first-order valence-corrected chi connectivity index (χ1v) is 6.36. The summed E-state index contributed by atoms with van der Waals surface area (Å²) in [5.41, 5.74) is 6.08. The third-order valence-corrected chi connectivity index (χ3v) is 5.45. The van der Waals surface area contributed by atoms with E-state index in [0.717, 1.165) is 26.3 Å². The molecule has 3 aliphatic rings. The molecule has 0 aromatic carbocycles. The Morgan fingerprint density at radius 3 is 2.80 bits per heavy atom. The number of nitrogens with zero attached hydrogens (tertiary/aromatic N) is 1. The molecule has 3 heterocycles. The van der Waals surface area contributed by atoms with Gasteiger partial charge in [-0.25, -0.2) is 10.2 Å². The Morgan fingerprint density at radius 2 is 2.27 bits per heavy atom. The number of hydrogen-bond donors (Lipinski definition) is 3. The number of morpholine rings is 1. The third kappa shape index (κ3) is 1.42. The molecule has 0 amide bonds. The van der Waals surface area contributed by atoms with Crippen LogP contribution in [-0.4, -0.2) is 59.5 Å². The van der Waals surface area contributed by atoms with E-state index in [-0.39, 0.29) is 29.4 Å². The molecule has 0 spiro atoms. The molecule has 6 nitrogen and oxygen atoms in total. The number of nitrogens with one attached hydrogen (secondary N) is 1. The summed E-state index contributed by atoms with van der Waals surface area (Å²) < 4.78 is 10.9. The van der Waals surface area contributed by atoms with Crippen molar-refractivity contribution in [2.24, 2.45) is 5.73 Å². The highest BCUT2D eigenvalue weighted by Gasteiger charge is 2.84. The molecular weight excluding hydrogens is 218 g/mol. The van der Waals surface area contributed by atoms with E-state index in [2.05, 4.69) is 10.2 Å². The Kier molecular flexibility index (Phi) is 2.44. The van der Waals surface area contributed by atoms with Crippen molar-refractivity contribution in [3.63, 3.8) is 0 Å². The SMILES string of the molecule is N[C@@H]1NC(N2CCOCC2)[S+]2O[C@]12CO. The van der Waals surface area contributed by atoms with Crippen molar-refractivity contribution in [3.8, 4) is 0 Å². The van der Waals surface area contributed by atoms with Gasteiger partial charge in [-0.15, -0.1) is 0 Å². The van der Waals surface area contributed by atoms with Gasteiger partial charge in [-0.1, -0.05) is 4.18 Å². The van der Waals surface area contributed by atoms with Gasteiger partial charge in [-0.3, -0.25) is 0 Å². The number of rotatable bonds is 2. The summed E-state index contributed by atoms with van der Waals surface area (Å²) in [6, 6.07) is 0. The predicted molar refractivity (Wildman–Crippen MR) is 55.6 cm³/mol. The van der Waals surface area contributed by atoms with Crippen molar-refractivity contribution in [1.29, 1.82) is 0 Å². The molecule has 0 bridgehead atoms. The maximum absolute atomic E-state index is 9.27. The Morgan fingerprint density at radius 1 is 1.53 bits per heavy atom. The monoisotopic (exact) mass is 234 g/mol. The molecule has 0 saturated carbocycles.